The van der Waals surface area contributed by atoms with Gasteiger partial charge in [-0.2, -0.15) is 0 Å². The van der Waals surface area contributed by atoms with Gasteiger partial charge in [0.2, 0.25) is 5.91 Å². The summed E-state index contributed by atoms with van der Waals surface area (Å²) in [6.45, 7) is 3.44. The highest BCUT2D eigenvalue weighted by atomic mass is 16.5. The lowest BCUT2D eigenvalue weighted by Gasteiger charge is -2.17. The van der Waals surface area contributed by atoms with Gasteiger partial charge in [-0.3, -0.25) is 4.79 Å². The highest BCUT2D eigenvalue weighted by Crippen LogP contribution is 2.27. The maximum Gasteiger partial charge on any atom is 0.315 e. The number of hydrogen-bond donors (Lipinski definition) is 2. The fraction of sp³-hybridized carbons (Fsp3) is 0.364. The number of urea groups is 1. The van der Waals surface area contributed by atoms with Crippen LogP contribution < -0.4 is 25.0 Å². The molecule has 3 amide bonds. The minimum Gasteiger partial charge on any atom is -0.493 e. The van der Waals surface area contributed by atoms with Gasteiger partial charge in [0.05, 0.1) is 14.2 Å². The fourth-order valence-corrected chi connectivity index (χ4v) is 3.37. The lowest BCUT2D eigenvalue weighted by Crippen LogP contribution is -2.38. The number of nitrogens with zero attached hydrogens (tertiary/aromatic N) is 1. The van der Waals surface area contributed by atoms with Crippen molar-refractivity contribution in [1.82, 2.24) is 10.6 Å². The van der Waals surface area contributed by atoms with Gasteiger partial charge in [-0.15, -0.1) is 0 Å². The summed E-state index contributed by atoms with van der Waals surface area (Å²) in [6, 6.07) is 13.1. The van der Waals surface area contributed by atoms with Gasteiger partial charge >= 0.3 is 6.03 Å². The summed E-state index contributed by atoms with van der Waals surface area (Å²) in [5.74, 6) is 1.44. The standard InChI is InChI=1S/C22H27N3O4/c1-15-4-7-18(8-5-15)25-14-17(11-21(25)26)13-24-22(27)23-12-16-6-9-19(28-2)20(10-16)29-3/h4-10,17H,11-14H2,1-3H3,(H2,23,24,27)/t17-/m0/s1. The van der Waals surface area contributed by atoms with E-state index in [9.17, 15) is 9.59 Å². The number of benzene rings is 2. The Morgan fingerprint density at radius 2 is 1.79 bits per heavy atom. The third-order valence-corrected chi connectivity index (χ3v) is 5.00. The average molecular weight is 397 g/mol. The normalized spacial score (nSPS) is 15.9. The largest absolute Gasteiger partial charge is 0.493 e. The number of rotatable bonds is 7. The van der Waals surface area contributed by atoms with E-state index in [0.29, 0.717) is 37.6 Å². The van der Waals surface area contributed by atoms with Crippen LogP contribution in [0.1, 0.15) is 17.5 Å². The SMILES string of the molecule is COc1ccc(CNC(=O)NC[C@@H]2CC(=O)N(c3ccc(C)cc3)C2)cc1OC. The molecular weight excluding hydrogens is 370 g/mol. The van der Waals surface area contributed by atoms with Gasteiger partial charge in [0.25, 0.3) is 0 Å². The summed E-state index contributed by atoms with van der Waals surface area (Å²) < 4.78 is 10.5. The Bertz CT molecular complexity index is 867. The highest BCUT2D eigenvalue weighted by Gasteiger charge is 2.30. The van der Waals surface area contributed by atoms with Crippen molar-refractivity contribution >= 4 is 17.6 Å². The van der Waals surface area contributed by atoms with Crippen molar-refractivity contribution in [3.63, 3.8) is 0 Å². The van der Waals surface area contributed by atoms with Crippen LogP contribution in [0.3, 0.4) is 0 Å². The molecule has 0 aliphatic carbocycles. The van der Waals surface area contributed by atoms with Crippen molar-refractivity contribution in [3.8, 4) is 11.5 Å². The zero-order valence-electron chi connectivity index (χ0n) is 17.0. The Balaban J connectivity index is 1.46. The maximum atomic E-state index is 12.3. The molecule has 1 aliphatic heterocycles. The number of ether oxygens (including phenoxy) is 2. The van der Waals surface area contributed by atoms with Crippen LogP contribution in [-0.2, 0) is 11.3 Å². The van der Waals surface area contributed by atoms with Gasteiger partial charge in [0, 0.05) is 37.7 Å². The third kappa shape index (κ3) is 5.19. The molecule has 0 bridgehead atoms. The summed E-state index contributed by atoms with van der Waals surface area (Å²) in [5.41, 5.74) is 2.96. The maximum absolute atomic E-state index is 12.3. The number of carbonyl (C=O) groups excluding carboxylic acids is 2. The van der Waals surface area contributed by atoms with Gasteiger partial charge in [-0.05, 0) is 36.8 Å². The molecule has 3 rings (SSSR count). The van der Waals surface area contributed by atoms with E-state index in [4.69, 9.17) is 9.47 Å². The Kier molecular flexibility index (Phi) is 6.59. The topological polar surface area (TPSA) is 79.9 Å². The van der Waals surface area contributed by atoms with Crippen LogP contribution >= 0.6 is 0 Å². The van der Waals surface area contributed by atoms with Crippen LogP contribution in [0.15, 0.2) is 42.5 Å². The molecule has 1 saturated heterocycles. The lowest BCUT2D eigenvalue weighted by atomic mass is 10.1. The number of aryl methyl sites for hydroxylation is 1. The molecule has 2 aromatic carbocycles. The average Bonchev–Trinajstić information content (AvgIpc) is 3.11. The fourth-order valence-electron chi connectivity index (χ4n) is 3.37. The summed E-state index contributed by atoms with van der Waals surface area (Å²) in [5, 5.41) is 5.69. The molecule has 1 heterocycles. The van der Waals surface area contributed by atoms with Crippen LogP contribution in [0.4, 0.5) is 10.5 Å². The molecule has 29 heavy (non-hydrogen) atoms. The zero-order valence-corrected chi connectivity index (χ0v) is 17.0. The second-order valence-corrected chi connectivity index (χ2v) is 7.16. The molecule has 2 aromatic rings. The van der Waals surface area contributed by atoms with Crippen molar-refractivity contribution in [2.75, 3.05) is 32.2 Å². The third-order valence-electron chi connectivity index (χ3n) is 5.00. The van der Waals surface area contributed by atoms with Gasteiger partial charge in [-0.25, -0.2) is 4.79 Å². The number of anilines is 1. The quantitative estimate of drug-likeness (QED) is 0.753. The van der Waals surface area contributed by atoms with Crippen LogP contribution in [0.2, 0.25) is 0 Å². The Morgan fingerprint density at radius 1 is 1.07 bits per heavy atom. The molecule has 0 unspecified atom stereocenters. The Labute approximate surface area is 171 Å². The Morgan fingerprint density at radius 3 is 2.48 bits per heavy atom. The first-order valence-electron chi connectivity index (χ1n) is 9.59. The predicted molar refractivity (Wildman–Crippen MR) is 111 cm³/mol. The summed E-state index contributed by atoms with van der Waals surface area (Å²) in [6.07, 6.45) is 0.434. The van der Waals surface area contributed by atoms with E-state index in [1.54, 1.807) is 25.2 Å². The van der Waals surface area contributed by atoms with E-state index in [-0.39, 0.29) is 17.9 Å². The second-order valence-electron chi connectivity index (χ2n) is 7.16. The van der Waals surface area contributed by atoms with Crippen molar-refractivity contribution in [3.05, 3.63) is 53.6 Å². The molecule has 7 heteroatoms. The van der Waals surface area contributed by atoms with Gasteiger partial charge in [-0.1, -0.05) is 23.8 Å². The summed E-state index contributed by atoms with van der Waals surface area (Å²) in [7, 11) is 3.15. The van der Waals surface area contributed by atoms with Crippen LogP contribution in [0, 0.1) is 12.8 Å². The van der Waals surface area contributed by atoms with Crippen molar-refractivity contribution in [1.29, 1.82) is 0 Å². The molecule has 0 saturated carbocycles. The number of carbonyl (C=O) groups is 2. The van der Waals surface area contributed by atoms with E-state index >= 15 is 0 Å². The molecule has 2 N–H and O–H groups in total. The predicted octanol–water partition coefficient (Wildman–Crippen LogP) is 2.86. The van der Waals surface area contributed by atoms with Crippen LogP contribution in [0.25, 0.3) is 0 Å². The van der Waals surface area contributed by atoms with E-state index in [0.717, 1.165) is 16.8 Å². The molecular formula is C22H27N3O4. The van der Waals surface area contributed by atoms with Crippen molar-refractivity contribution < 1.29 is 19.1 Å². The molecule has 0 spiro atoms. The van der Waals surface area contributed by atoms with Gasteiger partial charge in [0.1, 0.15) is 0 Å². The molecule has 0 aromatic heterocycles. The molecule has 1 atom stereocenters. The molecule has 0 radical (unpaired) electrons. The summed E-state index contributed by atoms with van der Waals surface area (Å²) in [4.78, 5) is 26.2. The molecule has 1 fully saturated rings. The van der Waals surface area contributed by atoms with Crippen LogP contribution in [-0.4, -0.2) is 39.2 Å². The monoisotopic (exact) mass is 397 g/mol. The highest BCUT2D eigenvalue weighted by molar-refractivity contribution is 5.95. The van der Waals surface area contributed by atoms with Crippen molar-refractivity contribution in [2.24, 2.45) is 5.92 Å². The first-order chi connectivity index (χ1) is 14.0. The zero-order chi connectivity index (χ0) is 20.8. The lowest BCUT2D eigenvalue weighted by molar-refractivity contribution is -0.117. The molecule has 154 valence electrons. The smallest absolute Gasteiger partial charge is 0.315 e. The van der Waals surface area contributed by atoms with E-state index in [2.05, 4.69) is 10.6 Å². The minimum atomic E-state index is -0.263. The first-order valence-corrected chi connectivity index (χ1v) is 9.59. The van der Waals surface area contributed by atoms with E-state index in [1.165, 1.54) is 0 Å². The van der Waals surface area contributed by atoms with Crippen LogP contribution in [0.5, 0.6) is 11.5 Å². The number of nitrogens with one attached hydrogen (secondary N) is 2. The number of amides is 3. The Hall–Kier alpha value is -3.22. The van der Waals surface area contributed by atoms with E-state index in [1.807, 2.05) is 43.3 Å². The first kappa shape index (κ1) is 20.5. The van der Waals surface area contributed by atoms with Crippen molar-refractivity contribution in [2.45, 2.75) is 19.9 Å². The minimum absolute atomic E-state index is 0.0892. The number of methoxy groups -OCH3 is 2. The second kappa shape index (κ2) is 9.32. The molecule has 1 aliphatic rings. The van der Waals surface area contributed by atoms with Gasteiger partial charge < -0.3 is 25.0 Å². The van der Waals surface area contributed by atoms with E-state index < -0.39 is 0 Å². The molecule has 7 nitrogen and oxygen atoms in total. The number of hydrogen-bond acceptors (Lipinski definition) is 4. The van der Waals surface area contributed by atoms with Gasteiger partial charge in [0.15, 0.2) is 11.5 Å². The summed E-state index contributed by atoms with van der Waals surface area (Å²) >= 11 is 0.